The van der Waals surface area contributed by atoms with Gasteiger partial charge in [0.2, 0.25) is 0 Å². The number of rotatable bonds is 4. The fourth-order valence-corrected chi connectivity index (χ4v) is 2.78. The number of amides is 4. The number of likely N-dealkylation sites (N-methyl/N-ethyl adjacent to an activating group) is 2. The number of benzene rings is 1. The molecular formula is C17H18N6O4. The molecule has 2 aliphatic rings. The molecule has 1 aromatic carbocycles. The van der Waals surface area contributed by atoms with Crippen molar-refractivity contribution >= 4 is 35.7 Å². The summed E-state index contributed by atoms with van der Waals surface area (Å²) in [6, 6.07) is 4.77. The molecule has 0 bridgehead atoms. The van der Waals surface area contributed by atoms with Crippen molar-refractivity contribution < 1.29 is 19.5 Å². The van der Waals surface area contributed by atoms with Crippen LogP contribution in [0.3, 0.4) is 0 Å². The van der Waals surface area contributed by atoms with E-state index >= 15 is 0 Å². The van der Waals surface area contributed by atoms with Crippen LogP contribution in [0.15, 0.2) is 29.4 Å². The van der Waals surface area contributed by atoms with Gasteiger partial charge in [0.25, 0.3) is 24.2 Å². The molecule has 3 rings (SSSR count). The van der Waals surface area contributed by atoms with Gasteiger partial charge < -0.3 is 5.11 Å². The van der Waals surface area contributed by atoms with Gasteiger partial charge in [0.05, 0.1) is 12.8 Å². The van der Waals surface area contributed by atoms with Crippen LogP contribution in [0, 0.1) is 0 Å². The molecule has 10 heteroatoms. The summed E-state index contributed by atoms with van der Waals surface area (Å²) in [6.45, 7) is 1.54. The number of hydrogen-bond donors (Lipinski definition) is 1. The van der Waals surface area contributed by atoms with Gasteiger partial charge in [-0.15, -0.1) is 5.75 Å². The van der Waals surface area contributed by atoms with E-state index < -0.39 is 23.9 Å². The number of nitrogens with one attached hydrogen (secondary N) is 1. The molecule has 1 fully saturated rings. The van der Waals surface area contributed by atoms with Crippen molar-refractivity contribution in [2.24, 2.45) is 5.10 Å². The number of imide groups is 1. The Morgan fingerprint density at radius 1 is 1.22 bits per heavy atom. The molecule has 0 aromatic heterocycles. The number of amidine groups is 1. The van der Waals surface area contributed by atoms with E-state index in [1.807, 2.05) is 0 Å². The standard InChI is InChI=1S/C17H18N6O4/c1-10(11-4-6-12(24)7-5-11)19-20-13(25)8-23-9-18-15-14(23)16(26)22(3)17(27)21(15)2/h4-7,9,14H,8H2,1-3H3,(H-,19,20,24,25). The molecule has 0 spiro atoms. The second-order valence-corrected chi connectivity index (χ2v) is 6.17. The largest absolute Gasteiger partial charge is 0.872 e. The SMILES string of the molecule is C/C(=N\NC(=O)CN1C=[N+]=C2C1C(=O)N(C)C(=O)N2C)c1ccc([O-])cc1. The van der Waals surface area contributed by atoms with Crippen molar-refractivity contribution in [2.75, 3.05) is 20.6 Å². The normalized spacial score (nSPS) is 19.4. The van der Waals surface area contributed by atoms with Crippen LogP contribution in [-0.4, -0.2) is 77.1 Å². The Kier molecular flexibility index (Phi) is 4.66. The second-order valence-electron chi connectivity index (χ2n) is 6.17. The molecule has 1 unspecified atom stereocenters. The van der Waals surface area contributed by atoms with E-state index in [-0.39, 0.29) is 18.1 Å². The first-order valence-electron chi connectivity index (χ1n) is 8.12. The Labute approximate surface area is 155 Å². The molecule has 2 aliphatic heterocycles. The quantitative estimate of drug-likeness (QED) is 0.385. The van der Waals surface area contributed by atoms with Gasteiger partial charge in [-0.25, -0.2) is 14.9 Å². The summed E-state index contributed by atoms with van der Waals surface area (Å²) in [4.78, 5) is 40.3. The molecule has 10 nitrogen and oxygen atoms in total. The molecule has 27 heavy (non-hydrogen) atoms. The van der Waals surface area contributed by atoms with Crippen LogP contribution in [0.1, 0.15) is 12.5 Å². The topological polar surface area (TPSA) is 122 Å². The highest BCUT2D eigenvalue weighted by Gasteiger charge is 2.53. The van der Waals surface area contributed by atoms with Crippen molar-refractivity contribution in [3.8, 4) is 5.75 Å². The Morgan fingerprint density at radius 2 is 1.89 bits per heavy atom. The van der Waals surface area contributed by atoms with Gasteiger partial charge in [-0.05, 0) is 12.5 Å². The third-order valence-electron chi connectivity index (χ3n) is 4.34. The summed E-state index contributed by atoms with van der Waals surface area (Å²) in [5.74, 6) is -0.719. The number of carbonyl (C=O) groups excluding carboxylic acids is 3. The Hall–Kier alpha value is -3.65. The van der Waals surface area contributed by atoms with E-state index in [1.165, 1.54) is 42.4 Å². The molecule has 2 heterocycles. The van der Waals surface area contributed by atoms with Crippen LogP contribution >= 0.6 is 0 Å². The van der Waals surface area contributed by atoms with Gasteiger partial charge in [-0.2, -0.15) is 10.0 Å². The summed E-state index contributed by atoms with van der Waals surface area (Å²) in [5, 5.41) is 15.1. The molecule has 1 N–H and O–H groups in total. The summed E-state index contributed by atoms with van der Waals surface area (Å²) >= 11 is 0. The fourth-order valence-electron chi connectivity index (χ4n) is 2.78. The molecule has 1 saturated heterocycles. The van der Waals surface area contributed by atoms with Gasteiger partial charge in [-0.1, -0.05) is 24.3 Å². The van der Waals surface area contributed by atoms with Crippen LogP contribution in [0.5, 0.6) is 5.75 Å². The lowest BCUT2D eigenvalue weighted by Crippen LogP contribution is -2.63. The van der Waals surface area contributed by atoms with Crippen molar-refractivity contribution in [1.29, 1.82) is 0 Å². The monoisotopic (exact) mass is 370 g/mol. The number of nitrogens with zero attached hydrogens (tertiary/aromatic N) is 5. The highest BCUT2D eigenvalue weighted by molar-refractivity contribution is 6.22. The number of hydrogen-bond acceptors (Lipinski definition) is 6. The Balaban J connectivity index is 1.64. The smallest absolute Gasteiger partial charge is 0.389 e. The molecule has 0 aliphatic carbocycles. The summed E-state index contributed by atoms with van der Waals surface area (Å²) in [6.07, 6.45) is 1.37. The average molecular weight is 370 g/mol. The minimum absolute atomic E-state index is 0.110. The van der Waals surface area contributed by atoms with E-state index in [2.05, 4.69) is 15.2 Å². The lowest BCUT2D eigenvalue weighted by molar-refractivity contribution is -0.268. The van der Waals surface area contributed by atoms with Crippen LogP contribution in [0.4, 0.5) is 4.79 Å². The van der Waals surface area contributed by atoms with Gasteiger partial charge in [0.15, 0.2) is 0 Å². The predicted molar refractivity (Wildman–Crippen MR) is 95.9 cm³/mol. The van der Waals surface area contributed by atoms with Crippen LogP contribution in [0.2, 0.25) is 0 Å². The zero-order valence-electron chi connectivity index (χ0n) is 15.0. The van der Waals surface area contributed by atoms with Gasteiger partial charge in [-0.3, -0.25) is 19.4 Å². The summed E-state index contributed by atoms with van der Waals surface area (Å²) < 4.78 is 4.09. The third kappa shape index (κ3) is 3.38. The van der Waals surface area contributed by atoms with Crippen LogP contribution < -0.4 is 15.2 Å². The van der Waals surface area contributed by atoms with Crippen molar-refractivity contribution in [1.82, 2.24) is 24.8 Å². The van der Waals surface area contributed by atoms with E-state index in [1.54, 1.807) is 19.1 Å². The first-order chi connectivity index (χ1) is 12.8. The lowest BCUT2D eigenvalue weighted by Gasteiger charge is -2.29. The number of hydrazone groups is 1. The van der Waals surface area contributed by atoms with E-state index in [9.17, 15) is 19.5 Å². The third-order valence-corrected chi connectivity index (χ3v) is 4.34. The predicted octanol–water partition coefficient (Wildman–Crippen LogP) is -1.70. The zero-order chi connectivity index (χ0) is 19.7. The number of carbonyl (C=O) groups is 3. The van der Waals surface area contributed by atoms with Crippen molar-refractivity contribution in [3.63, 3.8) is 0 Å². The molecule has 0 saturated carbocycles. The first kappa shape index (κ1) is 18.2. The zero-order valence-corrected chi connectivity index (χ0v) is 15.0. The minimum atomic E-state index is -0.821. The molecule has 4 amide bonds. The highest BCUT2D eigenvalue weighted by Crippen LogP contribution is 2.15. The number of fused-ring (bicyclic) bond motifs is 1. The summed E-state index contributed by atoms with van der Waals surface area (Å²) in [5.41, 5.74) is 3.65. The maximum Gasteiger partial charge on any atom is 0.389 e. The second kappa shape index (κ2) is 6.93. The fraction of sp³-hybridized carbons (Fsp3) is 0.294. The van der Waals surface area contributed by atoms with Crippen molar-refractivity contribution in [2.45, 2.75) is 13.0 Å². The maximum absolute atomic E-state index is 12.4. The van der Waals surface area contributed by atoms with E-state index in [0.29, 0.717) is 11.3 Å². The van der Waals surface area contributed by atoms with Crippen molar-refractivity contribution in [3.05, 3.63) is 29.8 Å². The van der Waals surface area contributed by atoms with E-state index in [0.717, 1.165) is 4.90 Å². The Bertz CT molecular complexity index is 901. The summed E-state index contributed by atoms with van der Waals surface area (Å²) in [7, 11) is 2.91. The maximum atomic E-state index is 12.4. The lowest BCUT2D eigenvalue weighted by atomic mass is 10.1. The van der Waals surface area contributed by atoms with Crippen LogP contribution in [-0.2, 0) is 9.59 Å². The van der Waals surface area contributed by atoms with Gasteiger partial charge >= 0.3 is 11.9 Å². The van der Waals surface area contributed by atoms with Gasteiger partial charge in [0.1, 0.15) is 6.54 Å². The molecule has 1 aromatic rings. The Morgan fingerprint density at radius 3 is 2.56 bits per heavy atom. The van der Waals surface area contributed by atoms with Crippen LogP contribution in [0.25, 0.3) is 0 Å². The van der Waals surface area contributed by atoms with E-state index in [4.69, 9.17) is 0 Å². The first-order valence-corrected chi connectivity index (χ1v) is 8.12. The molecule has 140 valence electrons. The van der Waals surface area contributed by atoms with Gasteiger partial charge in [0, 0.05) is 7.05 Å². The highest BCUT2D eigenvalue weighted by atomic mass is 16.3. The molecule has 1 atom stereocenters. The molecular weight excluding hydrogens is 352 g/mol. The number of urea groups is 1. The minimum Gasteiger partial charge on any atom is -0.872 e. The molecule has 0 radical (unpaired) electrons. The average Bonchev–Trinajstić information content (AvgIpc) is 3.07.